The molecule has 4 atom stereocenters. The van der Waals surface area contributed by atoms with E-state index in [-0.39, 0.29) is 0 Å². The van der Waals surface area contributed by atoms with E-state index in [0.717, 1.165) is 36.5 Å². The van der Waals surface area contributed by atoms with Gasteiger partial charge >= 0.3 is 0 Å². The van der Waals surface area contributed by atoms with E-state index in [2.05, 4.69) is 12.2 Å². The second-order valence-electron chi connectivity index (χ2n) is 5.91. The lowest BCUT2D eigenvalue weighted by atomic mass is 9.82. The standard InChI is InChI=1S/C15H22ClNO/c1-2-7-17-15(13-5-6-14(16)18-13)12-9-10-3-4-11(12)8-10/h5-6,10-12,15,17H,2-4,7-9H2,1H3. The van der Waals surface area contributed by atoms with Crippen LogP contribution in [0.5, 0.6) is 0 Å². The summed E-state index contributed by atoms with van der Waals surface area (Å²) in [4.78, 5) is 0. The Morgan fingerprint density at radius 3 is 2.83 bits per heavy atom. The average Bonchev–Trinajstić information content (AvgIpc) is 3.06. The van der Waals surface area contributed by atoms with Crippen LogP contribution in [0.3, 0.4) is 0 Å². The Balaban J connectivity index is 1.77. The zero-order valence-corrected chi connectivity index (χ0v) is 11.7. The third-order valence-electron chi connectivity index (χ3n) is 4.74. The number of hydrogen-bond acceptors (Lipinski definition) is 2. The van der Waals surface area contributed by atoms with E-state index < -0.39 is 0 Å². The monoisotopic (exact) mass is 267 g/mol. The topological polar surface area (TPSA) is 25.2 Å². The van der Waals surface area contributed by atoms with Gasteiger partial charge in [-0.05, 0) is 73.7 Å². The highest BCUT2D eigenvalue weighted by atomic mass is 35.5. The molecule has 2 nitrogen and oxygen atoms in total. The van der Waals surface area contributed by atoms with Gasteiger partial charge in [-0.3, -0.25) is 0 Å². The van der Waals surface area contributed by atoms with Crippen LogP contribution >= 0.6 is 11.6 Å². The number of nitrogens with one attached hydrogen (secondary N) is 1. The lowest BCUT2D eigenvalue weighted by Crippen LogP contribution is -2.31. The summed E-state index contributed by atoms with van der Waals surface area (Å²) in [7, 11) is 0. The molecule has 2 aliphatic carbocycles. The van der Waals surface area contributed by atoms with Crippen molar-refractivity contribution in [3.63, 3.8) is 0 Å². The average molecular weight is 268 g/mol. The van der Waals surface area contributed by atoms with Gasteiger partial charge in [0.15, 0.2) is 5.22 Å². The Morgan fingerprint density at radius 1 is 1.39 bits per heavy atom. The summed E-state index contributed by atoms with van der Waals surface area (Å²) in [6.07, 6.45) is 6.81. The molecule has 1 aromatic rings. The summed E-state index contributed by atoms with van der Waals surface area (Å²) in [5, 5.41) is 4.18. The fourth-order valence-electron chi connectivity index (χ4n) is 3.96. The molecule has 2 aliphatic rings. The Morgan fingerprint density at radius 2 is 2.28 bits per heavy atom. The van der Waals surface area contributed by atoms with Crippen LogP contribution < -0.4 is 5.32 Å². The van der Waals surface area contributed by atoms with Gasteiger partial charge < -0.3 is 9.73 Å². The first-order chi connectivity index (χ1) is 8.78. The van der Waals surface area contributed by atoms with Crippen LogP contribution in [0.2, 0.25) is 5.22 Å². The van der Waals surface area contributed by atoms with Gasteiger partial charge in [0.1, 0.15) is 5.76 Å². The predicted molar refractivity (Wildman–Crippen MR) is 73.7 cm³/mol. The van der Waals surface area contributed by atoms with Gasteiger partial charge in [0.25, 0.3) is 0 Å². The molecule has 100 valence electrons. The largest absolute Gasteiger partial charge is 0.448 e. The molecule has 2 bridgehead atoms. The van der Waals surface area contributed by atoms with Crippen molar-refractivity contribution in [3.05, 3.63) is 23.1 Å². The minimum atomic E-state index is 0.368. The molecule has 0 aliphatic heterocycles. The first-order valence-electron chi connectivity index (χ1n) is 7.26. The van der Waals surface area contributed by atoms with Crippen LogP contribution in [0.25, 0.3) is 0 Å². The highest BCUT2D eigenvalue weighted by molar-refractivity contribution is 6.28. The van der Waals surface area contributed by atoms with E-state index in [0.29, 0.717) is 11.3 Å². The van der Waals surface area contributed by atoms with Crippen LogP contribution in [-0.4, -0.2) is 6.54 Å². The van der Waals surface area contributed by atoms with Crippen LogP contribution in [-0.2, 0) is 0 Å². The van der Waals surface area contributed by atoms with Gasteiger partial charge in [-0.2, -0.15) is 0 Å². The number of rotatable bonds is 5. The van der Waals surface area contributed by atoms with E-state index >= 15 is 0 Å². The van der Waals surface area contributed by atoms with Gasteiger partial charge in [0.05, 0.1) is 6.04 Å². The smallest absolute Gasteiger partial charge is 0.193 e. The molecule has 0 saturated heterocycles. The maximum atomic E-state index is 5.93. The van der Waals surface area contributed by atoms with Crippen LogP contribution in [0.1, 0.15) is 50.8 Å². The summed E-state index contributed by atoms with van der Waals surface area (Å²) < 4.78 is 5.67. The molecule has 0 spiro atoms. The minimum absolute atomic E-state index is 0.368. The number of fused-ring (bicyclic) bond motifs is 2. The molecule has 0 aromatic carbocycles. The van der Waals surface area contributed by atoms with Crippen LogP contribution in [0, 0.1) is 17.8 Å². The molecule has 2 fully saturated rings. The van der Waals surface area contributed by atoms with Crippen molar-refractivity contribution in [3.8, 4) is 0 Å². The third-order valence-corrected chi connectivity index (χ3v) is 4.94. The lowest BCUT2D eigenvalue weighted by Gasteiger charge is -2.30. The highest BCUT2D eigenvalue weighted by Gasteiger charge is 2.44. The van der Waals surface area contributed by atoms with Gasteiger partial charge in [0, 0.05) is 0 Å². The molecule has 0 radical (unpaired) electrons. The summed E-state index contributed by atoms with van der Waals surface area (Å²) in [6, 6.07) is 4.28. The van der Waals surface area contributed by atoms with E-state index in [9.17, 15) is 0 Å². The van der Waals surface area contributed by atoms with Crippen molar-refractivity contribution in [1.82, 2.24) is 5.32 Å². The van der Waals surface area contributed by atoms with Gasteiger partial charge in [-0.15, -0.1) is 0 Å². The predicted octanol–water partition coefficient (Wildman–Crippen LogP) is 4.41. The zero-order chi connectivity index (χ0) is 12.5. The van der Waals surface area contributed by atoms with Crippen molar-refractivity contribution >= 4 is 11.6 Å². The SMILES string of the molecule is CCCNC(c1ccc(Cl)o1)C1CC2CCC1C2. The third kappa shape index (κ3) is 2.33. The summed E-state index contributed by atoms with van der Waals surface area (Å²) in [6.45, 7) is 3.26. The summed E-state index contributed by atoms with van der Waals surface area (Å²) >= 11 is 5.93. The van der Waals surface area contributed by atoms with E-state index in [4.69, 9.17) is 16.0 Å². The van der Waals surface area contributed by atoms with E-state index in [1.54, 1.807) is 0 Å². The highest BCUT2D eigenvalue weighted by Crippen LogP contribution is 2.52. The van der Waals surface area contributed by atoms with Gasteiger partial charge in [-0.25, -0.2) is 0 Å². The van der Waals surface area contributed by atoms with Crippen molar-refractivity contribution in [2.75, 3.05) is 6.54 Å². The summed E-state index contributed by atoms with van der Waals surface area (Å²) in [5.41, 5.74) is 0. The molecule has 4 unspecified atom stereocenters. The van der Waals surface area contributed by atoms with Crippen LogP contribution in [0.4, 0.5) is 0 Å². The first-order valence-corrected chi connectivity index (χ1v) is 7.64. The molecule has 1 aromatic heterocycles. The molecule has 0 amide bonds. The molecule has 18 heavy (non-hydrogen) atoms. The fourth-order valence-corrected chi connectivity index (χ4v) is 4.11. The molecule has 3 heteroatoms. The quantitative estimate of drug-likeness (QED) is 0.855. The zero-order valence-electron chi connectivity index (χ0n) is 11.0. The molecule has 1 N–H and O–H groups in total. The van der Waals surface area contributed by atoms with Crippen molar-refractivity contribution in [2.45, 2.75) is 45.1 Å². The number of hydrogen-bond donors (Lipinski definition) is 1. The lowest BCUT2D eigenvalue weighted by molar-refractivity contribution is 0.226. The van der Waals surface area contributed by atoms with Crippen LogP contribution in [0.15, 0.2) is 16.5 Å². The second kappa shape index (κ2) is 5.26. The Kier molecular flexibility index (Phi) is 3.67. The molecular formula is C15H22ClNO. The van der Waals surface area contributed by atoms with E-state index in [1.165, 1.54) is 25.7 Å². The Hall–Kier alpha value is -0.470. The van der Waals surface area contributed by atoms with E-state index in [1.807, 2.05) is 12.1 Å². The normalized spacial score (nSPS) is 32.0. The minimum Gasteiger partial charge on any atom is -0.448 e. The van der Waals surface area contributed by atoms with Gasteiger partial charge in [0.2, 0.25) is 0 Å². The molecular weight excluding hydrogens is 246 g/mol. The number of furan rings is 1. The molecule has 3 rings (SSSR count). The Bertz CT molecular complexity index is 403. The molecule has 1 heterocycles. The Labute approximate surface area is 114 Å². The summed E-state index contributed by atoms with van der Waals surface area (Å²) in [5.74, 6) is 3.65. The maximum absolute atomic E-state index is 5.93. The van der Waals surface area contributed by atoms with Crippen molar-refractivity contribution < 1.29 is 4.42 Å². The fraction of sp³-hybridized carbons (Fsp3) is 0.733. The first kappa shape index (κ1) is 12.6. The number of halogens is 1. The second-order valence-corrected chi connectivity index (χ2v) is 6.28. The van der Waals surface area contributed by atoms with Gasteiger partial charge in [-0.1, -0.05) is 13.3 Å². The molecule has 2 saturated carbocycles. The van der Waals surface area contributed by atoms with Crippen molar-refractivity contribution in [2.24, 2.45) is 17.8 Å². The maximum Gasteiger partial charge on any atom is 0.193 e. The van der Waals surface area contributed by atoms with Crippen molar-refractivity contribution in [1.29, 1.82) is 0 Å².